The van der Waals surface area contributed by atoms with Crippen molar-refractivity contribution in [2.45, 2.75) is 97.0 Å². The molecule has 9 heteroatoms. The number of hydrogen-bond donors (Lipinski definition) is 5. The number of quaternary nitrogens is 1. The molecule has 0 radical (unpaired) electrons. The number of hydrogen-bond acceptors (Lipinski definition) is 5. The molecule has 27 heavy (non-hydrogen) atoms. The van der Waals surface area contributed by atoms with E-state index in [1.54, 1.807) is 0 Å². The van der Waals surface area contributed by atoms with Crippen molar-refractivity contribution in [2.24, 2.45) is 0 Å². The van der Waals surface area contributed by atoms with Crippen LogP contribution in [0, 0.1) is 0 Å². The molecule has 0 aliphatic carbocycles. The standard InChI is InChI=1S/C18H40NO3.H2O4S/c1-4-6-7-8-9-10-11-12-13-14-15-19(3,16-18(21)22)17(20)5-2;1-5(2,3)4/h17-18,20-22H,4-16H2,1-3H3;(H2,1,2,3,4)/q+1;. The van der Waals surface area contributed by atoms with Crippen LogP contribution in [0.15, 0.2) is 0 Å². The summed E-state index contributed by atoms with van der Waals surface area (Å²) in [5, 5.41) is 28.6. The molecule has 0 heterocycles. The fourth-order valence-corrected chi connectivity index (χ4v) is 3.14. The maximum Gasteiger partial charge on any atom is 0.394 e. The van der Waals surface area contributed by atoms with Crippen molar-refractivity contribution in [2.75, 3.05) is 20.1 Å². The molecule has 0 amide bonds. The SMILES string of the molecule is CCCCCCCCCCCC[N+](C)(CC(O)O)C(O)CC.O=S(=O)(O)O. The Kier molecular flexibility index (Phi) is 17.8. The fraction of sp³-hybridized carbons (Fsp3) is 1.00. The topological polar surface area (TPSA) is 135 Å². The summed E-state index contributed by atoms with van der Waals surface area (Å²) in [4.78, 5) is 0. The first-order valence-electron chi connectivity index (χ1n) is 10.0. The van der Waals surface area contributed by atoms with Crippen molar-refractivity contribution in [3.05, 3.63) is 0 Å². The van der Waals surface area contributed by atoms with Gasteiger partial charge in [-0.15, -0.1) is 0 Å². The molecule has 2 unspecified atom stereocenters. The van der Waals surface area contributed by atoms with E-state index >= 15 is 0 Å². The maximum atomic E-state index is 10.1. The van der Waals surface area contributed by atoms with Crippen molar-refractivity contribution >= 4 is 10.4 Å². The lowest BCUT2D eigenvalue weighted by Crippen LogP contribution is -2.56. The van der Waals surface area contributed by atoms with Gasteiger partial charge in [0.05, 0.1) is 13.6 Å². The van der Waals surface area contributed by atoms with Crippen molar-refractivity contribution in [3.63, 3.8) is 0 Å². The molecule has 0 fully saturated rings. The van der Waals surface area contributed by atoms with Crippen LogP contribution in [0.2, 0.25) is 0 Å². The minimum Gasteiger partial charge on any atom is -0.364 e. The maximum absolute atomic E-state index is 10.1. The summed E-state index contributed by atoms with van der Waals surface area (Å²) in [6, 6.07) is 0. The summed E-state index contributed by atoms with van der Waals surface area (Å²) < 4.78 is 31.9. The zero-order valence-electron chi connectivity index (χ0n) is 17.3. The molecule has 0 saturated heterocycles. The highest BCUT2D eigenvalue weighted by Crippen LogP contribution is 2.16. The normalized spacial score (nSPS) is 15.1. The predicted molar refractivity (Wildman–Crippen MR) is 106 cm³/mol. The van der Waals surface area contributed by atoms with Crippen LogP contribution in [0.5, 0.6) is 0 Å². The Bertz CT molecular complexity index is 423. The second kappa shape index (κ2) is 16.6. The van der Waals surface area contributed by atoms with E-state index in [1.165, 1.54) is 57.8 Å². The quantitative estimate of drug-likeness (QED) is 0.120. The second-order valence-corrected chi connectivity index (χ2v) is 8.28. The van der Waals surface area contributed by atoms with Crippen molar-refractivity contribution in [3.8, 4) is 0 Å². The van der Waals surface area contributed by atoms with Gasteiger partial charge in [0, 0.05) is 6.42 Å². The number of nitrogens with zero attached hydrogens (tertiary/aromatic N) is 1. The minimum absolute atomic E-state index is 0.201. The van der Waals surface area contributed by atoms with Gasteiger partial charge in [-0.3, -0.25) is 13.6 Å². The molecular formula is C18H42NO7S+. The lowest BCUT2D eigenvalue weighted by atomic mass is 10.1. The van der Waals surface area contributed by atoms with Gasteiger partial charge in [0.25, 0.3) is 0 Å². The molecule has 0 aliphatic heterocycles. The molecule has 166 valence electrons. The van der Waals surface area contributed by atoms with Crippen molar-refractivity contribution < 1.29 is 37.3 Å². The van der Waals surface area contributed by atoms with Gasteiger partial charge in [-0.05, 0) is 12.8 Å². The van der Waals surface area contributed by atoms with Crippen LogP contribution >= 0.6 is 0 Å². The smallest absolute Gasteiger partial charge is 0.364 e. The van der Waals surface area contributed by atoms with Crippen molar-refractivity contribution in [1.82, 2.24) is 0 Å². The Morgan fingerprint density at radius 2 is 1.15 bits per heavy atom. The van der Waals surface area contributed by atoms with E-state index in [0.29, 0.717) is 10.9 Å². The van der Waals surface area contributed by atoms with E-state index < -0.39 is 22.9 Å². The molecule has 0 bridgehead atoms. The van der Waals surface area contributed by atoms with Crippen molar-refractivity contribution in [1.29, 1.82) is 0 Å². The van der Waals surface area contributed by atoms with Crippen LogP contribution in [0.4, 0.5) is 0 Å². The third-order valence-corrected chi connectivity index (χ3v) is 4.69. The van der Waals surface area contributed by atoms with Gasteiger partial charge >= 0.3 is 10.4 Å². The monoisotopic (exact) mass is 416 g/mol. The van der Waals surface area contributed by atoms with Crippen LogP contribution in [0.25, 0.3) is 0 Å². The Labute approximate surface area is 165 Å². The highest BCUT2D eigenvalue weighted by atomic mass is 32.3. The first-order valence-corrected chi connectivity index (χ1v) is 11.4. The molecule has 8 nitrogen and oxygen atoms in total. The first kappa shape index (κ1) is 28.9. The lowest BCUT2D eigenvalue weighted by Gasteiger charge is -2.38. The van der Waals surface area contributed by atoms with Gasteiger partial charge in [-0.1, -0.05) is 65.2 Å². The summed E-state index contributed by atoms with van der Waals surface area (Å²) in [5.74, 6) is 0. The van der Waals surface area contributed by atoms with Crippen LogP contribution in [0.3, 0.4) is 0 Å². The Morgan fingerprint density at radius 3 is 1.48 bits per heavy atom. The van der Waals surface area contributed by atoms with Gasteiger partial charge in [0.1, 0.15) is 6.54 Å². The number of likely N-dealkylation sites (N-methyl/N-ethyl adjacent to an activating group) is 1. The average molecular weight is 417 g/mol. The van der Waals surface area contributed by atoms with E-state index in [9.17, 15) is 15.3 Å². The molecule has 0 aromatic rings. The minimum atomic E-state index is -4.67. The number of unbranched alkanes of at least 4 members (excludes halogenated alkanes) is 9. The van der Waals surface area contributed by atoms with Gasteiger partial charge in [0.2, 0.25) is 6.29 Å². The Hall–Kier alpha value is -0.290. The molecule has 0 spiro atoms. The molecule has 5 N–H and O–H groups in total. The molecule has 0 aromatic carbocycles. The van der Waals surface area contributed by atoms with Gasteiger partial charge < -0.3 is 15.3 Å². The van der Waals surface area contributed by atoms with E-state index in [1.807, 2.05) is 14.0 Å². The lowest BCUT2D eigenvalue weighted by molar-refractivity contribution is -0.959. The molecule has 0 rings (SSSR count). The highest BCUT2D eigenvalue weighted by Gasteiger charge is 2.31. The second-order valence-electron chi connectivity index (χ2n) is 7.38. The summed E-state index contributed by atoms with van der Waals surface area (Å²) in [6.45, 7) is 5.19. The van der Waals surface area contributed by atoms with Crippen LogP contribution in [0.1, 0.15) is 84.5 Å². The Balaban J connectivity index is 0. The predicted octanol–water partition coefficient (Wildman–Crippen LogP) is 2.74. The number of rotatable bonds is 15. The van der Waals surface area contributed by atoms with E-state index in [0.717, 1.165) is 13.0 Å². The third kappa shape index (κ3) is 21.9. The van der Waals surface area contributed by atoms with Gasteiger partial charge in [-0.25, -0.2) is 0 Å². The molecule has 0 aliphatic rings. The van der Waals surface area contributed by atoms with Gasteiger partial charge in [-0.2, -0.15) is 8.42 Å². The largest absolute Gasteiger partial charge is 0.394 e. The number of aliphatic hydroxyl groups excluding tert-OH is 2. The molecule has 2 atom stereocenters. The van der Waals surface area contributed by atoms with Crippen LogP contribution < -0.4 is 0 Å². The third-order valence-electron chi connectivity index (χ3n) is 4.69. The van der Waals surface area contributed by atoms with Crippen LogP contribution in [-0.2, 0) is 10.4 Å². The molecule has 0 aromatic heterocycles. The number of aliphatic hydroxyl groups is 3. The van der Waals surface area contributed by atoms with E-state index in [2.05, 4.69) is 6.92 Å². The molecule has 0 saturated carbocycles. The Morgan fingerprint density at radius 1 is 0.778 bits per heavy atom. The van der Waals surface area contributed by atoms with Crippen LogP contribution in [-0.4, -0.2) is 70.0 Å². The summed E-state index contributed by atoms with van der Waals surface area (Å²) in [7, 11) is -2.75. The zero-order chi connectivity index (χ0) is 21.3. The molecular weight excluding hydrogens is 374 g/mol. The highest BCUT2D eigenvalue weighted by molar-refractivity contribution is 7.79. The first-order chi connectivity index (χ1) is 12.5. The summed E-state index contributed by atoms with van der Waals surface area (Å²) >= 11 is 0. The summed E-state index contributed by atoms with van der Waals surface area (Å²) in [5.41, 5.74) is 0. The summed E-state index contributed by atoms with van der Waals surface area (Å²) in [6.07, 6.45) is 11.7. The van der Waals surface area contributed by atoms with Gasteiger partial charge in [0.15, 0.2) is 6.23 Å². The van der Waals surface area contributed by atoms with E-state index in [4.69, 9.17) is 17.5 Å². The average Bonchev–Trinajstić information content (AvgIpc) is 2.53. The van der Waals surface area contributed by atoms with E-state index in [-0.39, 0.29) is 6.54 Å². The zero-order valence-corrected chi connectivity index (χ0v) is 18.1. The fourth-order valence-electron chi connectivity index (χ4n) is 3.14.